The highest BCUT2D eigenvalue weighted by Crippen LogP contribution is 2.15. The summed E-state index contributed by atoms with van der Waals surface area (Å²) in [5.41, 5.74) is 0. The number of hydrogen-bond acceptors (Lipinski definition) is 2. The second kappa shape index (κ2) is 4.64. The van der Waals surface area contributed by atoms with E-state index in [-0.39, 0.29) is 6.04 Å². The highest BCUT2D eigenvalue weighted by Gasteiger charge is 2.22. The van der Waals surface area contributed by atoms with E-state index in [0.717, 1.165) is 0 Å². The van der Waals surface area contributed by atoms with Crippen LogP contribution in [0.15, 0.2) is 0 Å². The minimum Gasteiger partial charge on any atom is -0.304 e. The Labute approximate surface area is 81.7 Å². The molecule has 0 amide bonds. The molecule has 3 atom stereocenters. The van der Waals surface area contributed by atoms with Gasteiger partial charge in [-0.2, -0.15) is 0 Å². The van der Waals surface area contributed by atoms with E-state index >= 15 is 0 Å². The Balaban J connectivity index is 2.34. The van der Waals surface area contributed by atoms with Crippen molar-refractivity contribution in [3.63, 3.8) is 0 Å². The van der Waals surface area contributed by atoms with Crippen molar-refractivity contribution in [3.8, 4) is 12.3 Å². The Hall–Kier alpha value is -0.520. The number of hydrogen-bond donors (Lipinski definition) is 1. The van der Waals surface area contributed by atoms with Crippen LogP contribution in [0.5, 0.6) is 0 Å². The van der Waals surface area contributed by atoms with E-state index in [0.29, 0.717) is 12.1 Å². The zero-order valence-electron chi connectivity index (χ0n) is 8.88. The summed E-state index contributed by atoms with van der Waals surface area (Å²) in [7, 11) is 2.19. The average Bonchev–Trinajstić information content (AvgIpc) is 2.11. The van der Waals surface area contributed by atoms with E-state index in [4.69, 9.17) is 6.42 Å². The summed E-state index contributed by atoms with van der Waals surface area (Å²) >= 11 is 0. The zero-order valence-corrected chi connectivity index (χ0v) is 8.88. The summed E-state index contributed by atoms with van der Waals surface area (Å²) in [4.78, 5) is 2.40. The smallest absolute Gasteiger partial charge is 0.0660 e. The van der Waals surface area contributed by atoms with E-state index < -0.39 is 0 Å². The fraction of sp³-hybridized carbons (Fsp3) is 0.818. The molecule has 1 aliphatic heterocycles. The summed E-state index contributed by atoms with van der Waals surface area (Å²) in [6.45, 7) is 5.49. The largest absolute Gasteiger partial charge is 0.304 e. The zero-order chi connectivity index (χ0) is 9.84. The van der Waals surface area contributed by atoms with Gasteiger partial charge >= 0.3 is 0 Å². The minimum atomic E-state index is 0.209. The van der Waals surface area contributed by atoms with Crippen molar-refractivity contribution < 1.29 is 0 Å². The quantitative estimate of drug-likeness (QED) is 0.640. The predicted molar refractivity (Wildman–Crippen MR) is 56.5 cm³/mol. The molecular formula is C11H20N2. The maximum Gasteiger partial charge on any atom is 0.0660 e. The molecule has 1 aliphatic rings. The lowest BCUT2D eigenvalue weighted by atomic mass is 9.98. The second-order valence-corrected chi connectivity index (χ2v) is 4.11. The molecule has 0 spiro atoms. The topological polar surface area (TPSA) is 15.3 Å². The third-order valence-electron chi connectivity index (χ3n) is 2.94. The SMILES string of the molecule is C#CC(C)NC1CCN(C)C(C)C1. The molecule has 74 valence electrons. The summed E-state index contributed by atoms with van der Waals surface area (Å²) in [6, 6.07) is 1.49. The number of rotatable bonds is 2. The number of nitrogens with zero attached hydrogens (tertiary/aromatic N) is 1. The fourth-order valence-electron chi connectivity index (χ4n) is 1.84. The summed E-state index contributed by atoms with van der Waals surface area (Å²) in [5.74, 6) is 2.71. The molecule has 0 aromatic rings. The van der Waals surface area contributed by atoms with Crippen LogP contribution in [0.3, 0.4) is 0 Å². The van der Waals surface area contributed by atoms with Crippen LogP contribution >= 0.6 is 0 Å². The molecule has 1 fully saturated rings. The Kier molecular flexibility index (Phi) is 3.77. The minimum absolute atomic E-state index is 0.209. The summed E-state index contributed by atoms with van der Waals surface area (Å²) in [5, 5.41) is 3.46. The van der Waals surface area contributed by atoms with Gasteiger partial charge in [0.15, 0.2) is 0 Å². The molecule has 0 saturated carbocycles. The first kappa shape index (κ1) is 10.6. The summed E-state index contributed by atoms with van der Waals surface area (Å²) < 4.78 is 0. The summed E-state index contributed by atoms with van der Waals surface area (Å²) in [6.07, 6.45) is 7.75. The van der Waals surface area contributed by atoms with Crippen molar-refractivity contribution in [2.45, 2.75) is 44.8 Å². The maximum atomic E-state index is 5.33. The molecule has 0 radical (unpaired) electrons. The maximum absolute atomic E-state index is 5.33. The lowest BCUT2D eigenvalue weighted by molar-refractivity contribution is 0.167. The Morgan fingerprint density at radius 3 is 2.85 bits per heavy atom. The van der Waals surface area contributed by atoms with E-state index in [1.54, 1.807) is 0 Å². The number of nitrogens with one attached hydrogen (secondary N) is 1. The highest BCUT2D eigenvalue weighted by atomic mass is 15.1. The van der Waals surface area contributed by atoms with Crippen molar-refractivity contribution in [1.29, 1.82) is 0 Å². The Morgan fingerprint density at radius 2 is 2.31 bits per heavy atom. The van der Waals surface area contributed by atoms with Gasteiger partial charge in [-0.25, -0.2) is 0 Å². The van der Waals surface area contributed by atoms with Crippen LogP contribution in [0, 0.1) is 12.3 Å². The van der Waals surface area contributed by atoms with E-state index in [9.17, 15) is 0 Å². The van der Waals surface area contributed by atoms with Crippen LogP contribution in [0.4, 0.5) is 0 Å². The number of terminal acetylenes is 1. The molecule has 1 rings (SSSR count). The van der Waals surface area contributed by atoms with Crippen LogP contribution in [-0.4, -0.2) is 36.6 Å². The molecule has 0 aromatic heterocycles. The van der Waals surface area contributed by atoms with Crippen molar-refractivity contribution in [3.05, 3.63) is 0 Å². The molecule has 0 aliphatic carbocycles. The number of likely N-dealkylation sites (tertiary alicyclic amines) is 1. The molecule has 13 heavy (non-hydrogen) atoms. The van der Waals surface area contributed by atoms with Gasteiger partial charge in [0.25, 0.3) is 0 Å². The molecule has 1 saturated heterocycles. The van der Waals surface area contributed by atoms with Crippen molar-refractivity contribution in [2.24, 2.45) is 0 Å². The monoisotopic (exact) mass is 180 g/mol. The molecule has 2 nitrogen and oxygen atoms in total. The normalized spacial score (nSPS) is 32.5. The van der Waals surface area contributed by atoms with Gasteiger partial charge in [0.2, 0.25) is 0 Å². The van der Waals surface area contributed by atoms with Crippen LogP contribution in [0.1, 0.15) is 26.7 Å². The van der Waals surface area contributed by atoms with Crippen LogP contribution in [-0.2, 0) is 0 Å². The lowest BCUT2D eigenvalue weighted by Crippen LogP contribution is -2.47. The van der Waals surface area contributed by atoms with Crippen molar-refractivity contribution in [2.75, 3.05) is 13.6 Å². The fourth-order valence-corrected chi connectivity index (χ4v) is 1.84. The molecule has 0 aromatic carbocycles. The average molecular weight is 180 g/mol. The molecule has 2 heteroatoms. The van der Waals surface area contributed by atoms with Crippen LogP contribution < -0.4 is 5.32 Å². The first-order chi connectivity index (χ1) is 6.13. The predicted octanol–water partition coefficient (Wildman–Crippen LogP) is 1.08. The molecule has 3 unspecified atom stereocenters. The van der Waals surface area contributed by atoms with Gasteiger partial charge < -0.3 is 10.2 Å². The standard InChI is InChI=1S/C11H20N2/c1-5-9(2)12-11-6-7-13(4)10(3)8-11/h1,9-12H,6-8H2,2-4H3. The third-order valence-corrected chi connectivity index (χ3v) is 2.94. The van der Waals surface area contributed by atoms with Crippen LogP contribution in [0.25, 0.3) is 0 Å². The van der Waals surface area contributed by atoms with Gasteiger partial charge in [-0.3, -0.25) is 0 Å². The van der Waals surface area contributed by atoms with Crippen molar-refractivity contribution >= 4 is 0 Å². The molecule has 1 heterocycles. The third kappa shape index (κ3) is 3.02. The molecule has 1 N–H and O–H groups in total. The van der Waals surface area contributed by atoms with E-state index in [1.165, 1.54) is 19.4 Å². The van der Waals surface area contributed by atoms with E-state index in [1.807, 2.05) is 6.92 Å². The molecular weight excluding hydrogens is 160 g/mol. The number of piperidine rings is 1. The van der Waals surface area contributed by atoms with E-state index in [2.05, 4.69) is 30.1 Å². The van der Waals surface area contributed by atoms with Gasteiger partial charge in [0.1, 0.15) is 0 Å². The van der Waals surface area contributed by atoms with Gasteiger partial charge in [0.05, 0.1) is 6.04 Å². The van der Waals surface area contributed by atoms with Crippen molar-refractivity contribution in [1.82, 2.24) is 10.2 Å². The van der Waals surface area contributed by atoms with Gasteiger partial charge in [-0.15, -0.1) is 6.42 Å². The first-order valence-corrected chi connectivity index (χ1v) is 5.06. The second-order valence-electron chi connectivity index (χ2n) is 4.11. The Morgan fingerprint density at radius 1 is 1.62 bits per heavy atom. The first-order valence-electron chi connectivity index (χ1n) is 5.06. The van der Waals surface area contributed by atoms with Gasteiger partial charge in [-0.05, 0) is 40.3 Å². The van der Waals surface area contributed by atoms with Gasteiger partial charge in [-0.1, -0.05) is 5.92 Å². The van der Waals surface area contributed by atoms with Crippen LogP contribution in [0.2, 0.25) is 0 Å². The Bertz CT molecular complexity index is 195. The molecule has 0 bridgehead atoms. The van der Waals surface area contributed by atoms with Gasteiger partial charge in [0, 0.05) is 12.1 Å². The highest BCUT2D eigenvalue weighted by molar-refractivity contribution is 4.98. The lowest BCUT2D eigenvalue weighted by Gasteiger charge is -2.36.